The fourth-order valence-electron chi connectivity index (χ4n) is 1.61. The van der Waals surface area contributed by atoms with Crippen LogP contribution < -0.4 is 10.1 Å². The van der Waals surface area contributed by atoms with Crippen LogP contribution in [0.15, 0.2) is 42.6 Å². The first kappa shape index (κ1) is 14.4. The Bertz CT molecular complexity index is 514. The van der Waals surface area contributed by atoms with Crippen LogP contribution in [-0.4, -0.2) is 25.2 Å². The molecule has 5 heteroatoms. The summed E-state index contributed by atoms with van der Waals surface area (Å²) >= 11 is 0. The summed E-state index contributed by atoms with van der Waals surface area (Å²) in [5, 5.41) is 3.23. The number of aromatic nitrogens is 1. The second kappa shape index (κ2) is 7.57. The van der Waals surface area contributed by atoms with E-state index in [4.69, 9.17) is 9.47 Å². The molecule has 0 saturated carbocycles. The maximum Gasteiger partial charge on any atom is 0.219 e. The number of rotatable bonds is 7. The Morgan fingerprint density at radius 2 is 1.95 bits per heavy atom. The van der Waals surface area contributed by atoms with E-state index < -0.39 is 0 Å². The van der Waals surface area contributed by atoms with Gasteiger partial charge in [0.2, 0.25) is 5.88 Å². The molecule has 1 heterocycles. The molecule has 0 aliphatic heterocycles. The molecule has 0 bridgehead atoms. The van der Waals surface area contributed by atoms with Crippen molar-refractivity contribution in [2.45, 2.75) is 6.54 Å². The van der Waals surface area contributed by atoms with Crippen LogP contribution in [0, 0.1) is 5.82 Å². The van der Waals surface area contributed by atoms with Gasteiger partial charge in [0, 0.05) is 32.5 Å². The lowest BCUT2D eigenvalue weighted by Crippen LogP contribution is -2.18. The quantitative estimate of drug-likeness (QED) is 0.790. The molecular weight excluding hydrogens is 259 g/mol. The lowest BCUT2D eigenvalue weighted by atomic mass is 10.3. The molecule has 0 atom stereocenters. The molecule has 4 nitrogen and oxygen atoms in total. The van der Waals surface area contributed by atoms with Crippen LogP contribution in [0.5, 0.6) is 11.6 Å². The minimum absolute atomic E-state index is 0.289. The molecule has 0 saturated heterocycles. The highest BCUT2D eigenvalue weighted by atomic mass is 19.1. The van der Waals surface area contributed by atoms with Crippen LogP contribution in [-0.2, 0) is 11.3 Å². The lowest BCUT2D eigenvalue weighted by Gasteiger charge is -2.06. The van der Waals surface area contributed by atoms with E-state index in [2.05, 4.69) is 10.3 Å². The maximum atomic E-state index is 12.8. The van der Waals surface area contributed by atoms with Crippen molar-refractivity contribution in [1.82, 2.24) is 10.3 Å². The predicted molar refractivity (Wildman–Crippen MR) is 74.3 cm³/mol. The smallest absolute Gasteiger partial charge is 0.219 e. The Morgan fingerprint density at radius 1 is 1.15 bits per heavy atom. The van der Waals surface area contributed by atoms with Crippen LogP contribution in [0.1, 0.15) is 5.56 Å². The zero-order valence-corrected chi connectivity index (χ0v) is 11.3. The predicted octanol–water partition coefficient (Wildman–Crippen LogP) is 2.75. The zero-order chi connectivity index (χ0) is 14.2. The van der Waals surface area contributed by atoms with E-state index in [1.54, 1.807) is 31.5 Å². The highest BCUT2D eigenvalue weighted by molar-refractivity contribution is 5.28. The second-order valence-corrected chi connectivity index (χ2v) is 4.23. The van der Waals surface area contributed by atoms with Gasteiger partial charge in [0.05, 0.1) is 6.61 Å². The molecule has 2 aromatic rings. The van der Waals surface area contributed by atoms with Gasteiger partial charge < -0.3 is 14.8 Å². The average Bonchev–Trinajstić information content (AvgIpc) is 2.48. The Hall–Kier alpha value is -1.98. The summed E-state index contributed by atoms with van der Waals surface area (Å²) in [5.74, 6) is 0.755. The third-order valence-corrected chi connectivity index (χ3v) is 2.65. The lowest BCUT2D eigenvalue weighted by molar-refractivity contribution is 0.199. The van der Waals surface area contributed by atoms with Gasteiger partial charge in [-0.15, -0.1) is 0 Å². The van der Waals surface area contributed by atoms with Gasteiger partial charge >= 0.3 is 0 Å². The second-order valence-electron chi connectivity index (χ2n) is 4.23. The summed E-state index contributed by atoms with van der Waals surface area (Å²) < 4.78 is 23.2. The van der Waals surface area contributed by atoms with Crippen molar-refractivity contribution in [2.75, 3.05) is 20.3 Å². The molecule has 0 spiro atoms. The summed E-state index contributed by atoms with van der Waals surface area (Å²) in [6, 6.07) is 9.56. The van der Waals surface area contributed by atoms with Crippen LogP contribution in [0.3, 0.4) is 0 Å². The SMILES string of the molecule is COCCNCc1ccc(Oc2ccc(F)cc2)nc1. The molecular formula is C15H17FN2O2. The Morgan fingerprint density at radius 3 is 2.60 bits per heavy atom. The van der Waals surface area contributed by atoms with Gasteiger partial charge in [0.25, 0.3) is 0 Å². The van der Waals surface area contributed by atoms with E-state index in [1.165, 1.54) is 12.1 Å². The van der Waals surface area contributed by atoms with Gasteiger partial charge in [-0.25, -0.2) is 9.37 Å². The number of halogens is 1. The molecule has 0 radical (unpaired) electrons. The molecule has 0 fully saturated rings. The molecule has 1 N–H and O–H groups in total. The summed E-state index contributed by atoms with van der Waals surface area (Å²) in [7, 11) is 1.67. The van der Waals surface area contributed by atoms with Crippen molar-refractivity contribution in [3.05, 3.63) is 54.0 Å². The number of methoxy groups -OCH3 is 1. The summed E-state index contributed by atoms with van der Waals surface area (Å²) in [6.07, 6.45) is 1.75. The number of nitrogens with one attached hydrogen (secondary N) is 1. The maximum absolute atomic E-state index is 12.8. The molecule has 1 aromatic heterocycles. The first-order valence-electron chi connectivity index (χ1n) is 6.36. The summed E-state index contributed by atoms with van der Waals surface area (Å²) in [6.45, 7) is 2.21. The van der Waals surface area contributed by atoms with Gasteiger partial charge in [-0.2, -0.15) is 0 Å². The standard InChI is InChI=1S/C15H17FN2O2/c1-19-9-8-17-10-12-2-7-15(18-11-12)20-14-5-3-13(16)4-6-14/h2-7,11,17H,8-10H2,1H3. The van der Waals surface area contributed by atoms with E-state index >= 15 is 0 Å². The van der Waals surface area contributed by atoms with E-state index in [9.17, 15) is 4.39 Å². The summed E-state index contributed by atoms with van der Waals surface area (Å²) in [4.78, 5) is 4.21. The number of ether oxygens (including phenoxy) is 2. The molecule has 0 unspecified atom stereocenters. The number of hydrogen-bond donors (Lipinski definition) is 1. The molecule has 106 valence electrons. The van der Waals surface area contributed by atoms with Crippen LogP contribution in [0.4, 0.5) is 4.39 Å². The van der Waals surface area contributed by atoms with Crippen molar-refractivity contribution >= 4 is 0 Å². The van der Waals surface area contributed by atoms with Crippen molar-refractivity contribution < 1.29 is 13.9 Å². The van der Waals surface area contributed by atoms with Crippen LogP contribution >= 0.6 is 0 Å². The Labute approximate surface area is 117 Å². The zero-order valence-electron chi connectivity index (χ0n) is 11.3. The third kappa shape index (κ3) is 4.60. The van der Waals surface area contributed by atoms with E-state index in [1.807, 2.05) is 6.07 Å². The minimum Gasteiger partial charge on any atom is -0.439 e. The number of nitrogens with zero attached hydrogens (tertiary/aromatic N) is 1. The number of hydrogen-bond acceptors (Lipinski definition) is 4. The fraction of sp³-hybridized carbons (Fsp3) is 0.267. The molecule has 1 aromatic carbocycles. The van der Waals surface area contributed by atoms with Crippen LogP contribution in [0.2, 0.25) is 0 Å². The Kier molecular flexibility index (Phi) is 5.46. The van der Waals surface area contributed by atoms with E-state index in [0.717, 1.165) is 18.7 Å². The summed E-state index contributed by atoms with van der Waals surface area (Å²) in [5.41, 5.74) is 1.06. The van der Waals surface area contributed by atoms with Gasteiger partial charge in [-0.1, -0.05) is 6.07 Å². The average molecular weight is 276 g/mol. The molecule has 0 amide bonds. The van der Waals surface area contributed by atoms with Gasteiger partial charge in [0.15, 0.2) is 0 Å². The van der Waals surface area contributed by atoms with Crippen LogP contribution in [0.25, 0.3) is 0 Å². The Balaban J connectivity index is 1.86. The number of benzene rings is 1. The van der Waals surface area contributed by atoms with Crippen molar-refractivity contribution in [3.8, 4) is 11.6 Å². The highest BCUT2D eigenvalue weighted by Gasteiger charge is 2.00. The van der Waals surface area contributed by atoms with Gasteiger partial charge in [0.1, 0.15) is 11.6 Å². The third-order valence-electron chi connectivity index (χ3n) is 2.65. The molecule has 20 heavy (non-hydrogen) atoms. The topological polar surface area (TPSA) is 43.4 Å². The van der Waals surface area contributed by atoms with Crippen molar-refractivity contribution in [1.29, 1.82) is 0 Å². The first-order chi connectivity index (χ1) is 9.78. The largest absolute Gasteiger partial charge is 0.439 e. The van der Waals surface area contributed by atoms with Gasteiger partial charge in [-0.05, 0) is 29.8 Å². The molecule has 0 aliphatic rings. The number of pyridine rings is 1. The minimum atomic E-state index is -0.289. The van der Waals surface area contributed by atoms with E-state index in [-0.39, 0.29) is 5.82 Å². The molecule has 0 aliphatic carbocycles. The molecule has 2 rings (SSSR count). The van der Waals surface area contributed by atoms with Gasteiger partial charge in [-0.3, -0.25) is 0 Å². The highest BCUT2D eigenvalue weighted by Crippen LogP contribution is 2.19. The normalized spacial score (nSPS) is 10.5. The van der Waals surface area contributed by atoms with E-state index in [0.29, 0.717) is 18.2 Å². The monoisotopic (exact) mass is 276 g/mol. The van der Waals surface area contributed by atoms with Crippen molar-refractivity contribution in [2.24, 2.45) is 0 Å². The van der Waals surface area contributed by atoms with Crippen molar-refractivity contribution in [3.63, 3.8) is 0 Å². The first-order valence-corrected chi connectivity index (χ1v) is 6.36. The fourth-order valence-corrected chi connectivity index (χ4v) is 1.61.